The van der Waals surface area contributed by atoms with E-state index in [1.807, 2.05) is 24.3 Å². The maximum atomic E-state index is 9.68. The molecule has 0 unspecified atom stereocenters. The lowest BCUT2D eigenvalue weighted by atomic mass is 9.63. The number of aliphatic hydroxyl groups is 1. The highest BCUT2D eigenvalue weighted by molar-refractivity contribution is 6.31. The summed E-state index contributed by atoms with van der Waals surface area (Å²) < 4.78 is 0. The van der Waals surface area contributed by atoms with Crippen LogP contribution in [0.1, 0.15) is 25.3 Å². The van der Waals surface area contributed by atoms with Crippen molar-refractivity contribution in [3.8, 4) is 0 Å². The van der Waals surface area contributed by atoms with Gasteiger partial charge >= 0.3 is 0 Å². The van der Waals surface area contributed by atoms with Crippen molar-refractivity contribution in [2.45, 2.75) is 30.9 Å². The van der Waals surface area contributed by atoms with Crippen molar-refractivity contribution in [3.63, 3.8) is 0 Å². The fourth-order valence-electron chi connectivity index (χ4n) is 2.36. The van der Waals surface area contributed by atoms with Crippen LogP contribution >= 0.6 is 11.6 Å². The lowest BCUT2D eigenvalue weighted by Crippen LogP contribution is -2.58. The first-order chi connectivity index (χ1) is 6.43. The molecule has 1 saturated carbocycles. The molecule has 1 aromatic carbocycles. The van der Waals surface area contributed by atoms with Crippen molar-refractivity contribution in [1.82, 2.24) is 0 Å². The van der Waals surface area contributed by atoms with Crippen molar-refractivity contribution in [1.29, 1.82) is 0 Å². The largest absolute Gasteiger partial charge is 0.390 e. The summed E-state index contributed by atoms with van der Waals surface area (Å²) in [4.78, 5) is 0. The average Bonchev–Trinajstić information content (AvgIpc) is 2.00. The Morgan fingerprint density at radius 1 is 1.36 bits per heavy atom. The first-order valence-corrected chi connectivity index (χ1v) is 5.07. The zero-order chi connectivity index (χ0) is 10.4. The molecule has 3 N–H and O–H groups in total. The average molecular weight is 212 g/mol. The van der Waals surface area contributed by atoms with Gasteiger partial charge in [-0.05, 0) is 31.4 Å². The third-order valence-electron chi connectivity index (χ3n) is 2.80. The molecule has 0 aliphatic heterocycles. The van der Waals surface area contributed by atoms with Crippen molar-refractivity contribution in [2.24, 2.45) is 5.73 Å². The minimum atomic E-state index is -0.631. The second-order valence-electron chi connectivity index (χ2n) is 4.49. The smallest absolute Gasteiger partial charge is 0.0661 e. The Morgan fingerprint density at radius 3 is 2.43 bits per heavy atom. The molecular weight excluding hydrogens is 198 g/mol. The van der Waals surface area contributed by atoms with Gasteiger partial charge in [0, 0.05) is 10.6 Å². The quantitative estimate of drug-likeness (QED) is 0.747. The Labute approximate surface area is 88.7 Å². The molecule has 0 aromatic heterocycles. The van der Waals surface area contributed by atoms with E-state index in [4.69, 9.17) is 17.3 Å². The molecular formula is C11H14ClNO. The summed E-state index contributed by atoms with van der Waals surface area (Å²) in [5.41, 5.74) is 6.02. The number of nitrogens with two attached hydrogens (primary N) is 1. The maximum Gasteiger partial charge on any atom is 0.0661 e. The Bertz CT molecular complexity index is 354. The van der Waals surface area contributed by atoms with E-state index in [-0.39, 0.29) is 0 Å². The van der Waals surface area contributed by atoms with Gasteiger partial charge in [0.2, 0.25) is 0 Å². The summed E-state index contributed by atoms with van der Waals surface area (Å²) in [6, 6.07) is 7.56. The molecule has 0 atom stereocenters. The lowest BCUT2D eigenvalue weighted by molar-refractivity contribution is -0.0738. The molecule has 3 heteroatoms. The number of rotatable bonds is 1. The molecule has 0 radical (unpaired) electrons. The standard InChI is InChI=1S/C11H14ClNO/c1-10(14)6-11(13,7-10)8-4-2-3-5-9(8)12/h2-5,14H,6-7,13H2,1H3. The summed E-state index contributed by atoms with van der Waals surface area (Å²) in [6.45, 7) is 1.80. The van der Waals surface area contributed by atoms with Gasteiger partial charge in [-0.15, -0.1) is 0 Å². The second kappa shape index (κ2) is 2.96. The van der Waals surface area contributed by atoms with Crippen LogP contribution in [0.25, 0.3) is 0 Å². The van der Waals surface area contributed by atoms with Crippen molar-refractivity contribution < 1.29 is 5.11 Å². The molecule has 76 valence electrons. The van der Waals surface area contributed by atoms with Gasteiger partial charge in [-0.2, -0.15) is 0 Å². The van der Waals surface area contributed by atoms with Crippen LogP contribution in [0, 0.1) is 0 Å². The third kappa shape index (κ3) is 1.54. The van der Waals surface area contributed by atoms with Gasteiger partial charge in [0.05, 0.1) is 5.60 Å². The van der Waals surface area contributed by atoms with Crippen LogP contribution in [0.4, 0.5) is 0 Å². The molecule has 0 saturated heterocycles. The van der Waals surface area contributed by atoms with E-state index in [9.17, 15) is 5.11 Å². The van der Waals surface area contributed by atoms with Crippen LogP contribution in [-0.4, -0.2) is 10.7 Å². The molecule has 1 aromatic rings. The highest BCUT2D eigenvalue weighted by atomic mass is 35.5. The van der Waals surface area contributed by atoms with Crippen molar-refractivity contribution >= 4 is 11.6 Å². The summed E-state index contributed by atoms with van der Waals surface area (Å²) in [5, 5.41) is 10.4. The van der Waals surface area contributed by atoms with E-state index in [1.165, 1.54) is 0 Å². The molecule has 0 heterocycles. The summed E-state index contributed by atoms with van der Waals surface area (Å²) in [5.74, 6) is 0. The first kappa shape index (κ1) is 9.97. The van der Waals surface area contributed by atoms with E-state index in [0.717, 1.165) is 5.56 Å². The number of benzene rings is 1. The van der Waals surface area contributed by atoms with E-state index < -0.39 is 11.1 Å². The molecule has 1 aliphatic rings. The third-order valence-corrected chi connectivity index (χ3v) is 3.13. The Hall–Kier alpha value is -0.570. The number of hydrogen-bond donors (Lipinski definition) is 2. The minimum absolute atomic E-state index is 0.443. The van der Waals surface area contributed by atoms with E-state index in [1.54, 1.807) is 6.92 Å². The predicted molar refractivity (Wildman–Crippen MR) is 57.2 cm³/mol. The highest BCUT2D eigenvalue weighted by Gasteiger charge is 2.50. The van der Waals surface area contributed by atoms with Gasteiger partial charge in [0.15, 0.2) is 0 Å². The minimum Gasteiger partial charge on any atom is -0.390 e. The fraction of sp³-hybridized carbons (Fsp3) is 0.455. The SMILES string of the molecule is CC1(O)CC(N)(c2ccccc2Cl)C1. The lowest BCUT2D eigenvalue weighted by Gasteiger charge is -2.50. The Morgan fingerprint density at radius 2 is 1.93 bits per heavy atom. The normalized spacial score (nSPS) is 36.6. The van der Waals surface area contributed by atoms with Crippen LogP contribution in [0.2, 0.25) is 5.02 Å². The van der Waals surface area contributed by atoms with Gasteiger partial charge in [-0.25, -0.2) is 0 Å². The second-order valence-corrected chi connectivity index (χ2v) is 4.89. The van der Waals surface area contributed by atoms with E-state index in [2.05, 4.69) is 0 Å². The maximum absolute atomic E-state index is 9.68. The van der Waals surface area contributed by atoms with Gasteiger partial charge in [-0.1, -0.05) is 29.8 Å². The van der Waals surface area contributed by atoms with E-state index >= 15 is 0 Å². The highest BCUT2D eigenvalue weighted by Crippen LogP contribution is 2.47. The first-order valence-electron chi connectivity index (χ1n) is 4.69. The Balaban J connectivity index is 2.30. The summed E-state index contributed by atoms with van der Waals surface area (Å²) in [7, 11) is 0. The molecule has 0 amide bonds. The fourth-order valence-corrected chi connectivity index (χ4v) is 2.69. The molecule has 0 spiro atoms. The van der Waals surface area contributed by atoms with Crippen LogP contribution in [0.5, 0.6) is 0 Å². The van der Waals surface area contributed by atoms with Crippen LogP contribution in [0.3, 0.4) is 0 Å². The number of hydrogen-bond acceptors (Lipinski definition) is 2. The van der Waals surface area contributed by atoms with Crippen LogP contribution in [-0.2, 0) is 5.54 Å². The molecule has 1 fully saturated rings. The van der Waals surface area contributed by atoms with E-state index in [0.29, 0.717) is 17.9 Å². The van der Waals surface area contributed by atoms with Gasteiger partial charge in [-0.3, -0.25) is 0 Å². The monoisotopic (exact) mass is 211 g/mol. The van der Waals surface area contributed by atoms with Gasteiger partial charge in [0.1, 0.15) is 0 Å². The predicted octanol–water partition coefficient (Wildman–Crippen LogP) is 2.04. The zero-order valence-electron chi connectivity index (χ0n) is 8.13. The molecule has 14 heavy (non-hydrogen) atoms. The topological polar surface area (TPSA) is 46.2 Å². The molecule has 1 aliphatic carbocycles. The molecule has 0 bridgehead atoms. The summed E-state index contributed by atoms with van der Waals surface area (Å²) in [6.07, 6.45) is 1.15. The van der Waals surface area contributed by atoms with Crippen molar-refractivity contribution in [2.75, 3.05) is 0 Å². The zero-order valence-corrected chi connectivity index (χ0v) is 8.88. The number of halogens is 1. The van der Waals surface area contributed by atoms with Crippen LogP contribution in [0.15, 0.2) is 24.3 Å². The van der Waals surface area contributed by atoms with Gasteiger partial charge in [0.25, 0.3) is 0 Å². The molecule has 2 nitrogen and oxygen atoms in total. The van der Waals surface area contributed by atoms with Gasteiger partial charge < -0.3 is 10.8 Å². The Kier molecular flexibility index (Phi) is 2.11. The van der Waals surface area contributed by atoms with Crippen molar-refractivity contribution in [3.05, 3.63) is 34.9 Å². The molecule has 2 rings (SSSR count). The summed E-state index contributed by atoms with van der Waals surface area (Å²) >= 11 is 6.05. The van der Waals surface area contributed by atoms with Crippen LogP contribution < -0.4 is 5.73 Å².